The number of aliphatic hydroxyl groups is 1. The summed E-state index contributed by atoms with van der Waals surface area (Å²) < 4.78 is 0. The number of carboxylic acids is 1. The Morgan fingerprint density at radius 3 is 2.57 bits per heavy atom. The Labute approximate surface area is 249 Å². The zero-order valence-electron chi connectivity index (χ0n) is 25.5. The summed E-state index contributed by atoms with van der Waals surface area (Å²) in [6.45, 7) is 8.32. The standard InChI is InChI=1S/C33H47N3O6/c1-6-33(41)16-13-25-23-10-9-21-18-22(11-14-31(21,4)24(23)12-15-32(25,33)5)35-42-19-27(37)34-28(20(2)3)29(38)36-17-7-8-26(36)30(39)40/h1,18,20,23-26,28,41H,7-17,19H2,2-5H3,(H,34,37)(H,39,40)/b35-22-/t23-,24+,25+,26-,28+,31+,32+,33-/m1/s1. The maximum absolute atomic E-state index is 13.1. The van der Waals surface area contributed by atoms with Gasteiger partial charge in [-0.1, -0.05) is 44.3 Å². The molecule has 4 aliphatic carbocycles. The molecule has 42 heavy (non-hydrogen) atoms. The van der Waals surface area contributed by atoms with E-state index in [0.29, 0.717) is 43.6 Å². The lowest BCUT2D eigenvalue weighted by molar-refractivity contribution is -0.150. The van der Waals surface area contributed by atoms with Gasteiger partial charge in [0, 0.05) is 12.0 Å². The molecule has 1 aliphatic heterocycles. The number of terminal acetylenes is 1. The Balaban J connectivity index is 1.19. The number of hydrogen-bond donors (Lipinski definition) is 3. The number of nitrogens with one attached hydrogen (secondary N) is 1. The van der Waals surface area contributed by atoms with Crippen LogP contribution in [0.3, 0.4) is 0 Å². The van der Waals surface area contributed by atoms with Gasteiger partial charge in [-0.3, -0.25) is 9.59 Å². The Kier molecular flexibility index (Phi) is 8.25. The quantitative estimate of drug-likeness (QED) is 0.309. The summed E-state index contributed by atoms with van der Waals surface area (Å²) in [6.07, 6.45) is 16.6. The van der Waals surface area contributed by atoms with Gasteiger partial charge in [-0.2, -0.15) is 0 Å². The van der Waals surface area contributed by atoms with Crippen LogP contribution < -0.4 is 5.32 Å². The van der Waals surface area contributed by atoms with Crippen LogP contribution in [-0.4, -0.2) is 69.4 Å². The fourth-order valence-corrected chi connectivity index (χ4v) is 9.26. The van der Waals surface area contributed by atoms with Crippen molar-refractivity contribution in [3.05, 3.63) is 11.6 Å². The molecule has 0 aromatic carbocycles. The summed E-state index contributed by atoms with van der Waals surface area (Å²) in [7, 11) is 0. The van der Waals surface area contributed by atoms with Gasteiger partial charge in [0.05, 0.1) is 5.71 Å². The number of carbonyl (C=O) groups excluding carboxylic acids is 2. The molecule has 2 amide bonds. The second-order valence-corrected chi connectivity index (χ2v) is 14.2. The third-order valence-corrected chi connectivity index (χ3v) is 11.8. The SMILES string of the molecule is C#C[C@@]1(O)CC[C@H]2[C@@H]3CCC4=C/C(=N\OCC(=O)N[C@H](C(=O)N5CCC[C@@H]5C(=O)O)C(C)C)CC[C@]4(C)[C@H]3CC[C@@]21C. The summed E-state index contributed by atoms with van der Waals surface area (Å²) in [5.74, 6) is 2.29. The van der Waals surface area contributed by atoms with E-state index in [4.69, 9.17) is 11.3 Å². The number of carboxylic acid groups (broad SMARTS) is 1. The molecular formula is C33H47N3O6. The molecule has 4 fully saturated rings. The third-order valence-electron chi connectivity index (χ3n) is 11.8. The van der Waals surface area contributed by atoms with Crippen LogP contribution in [0.5, 0.6) is 0 Å². The van der Waals surface area contributed by atoms with Crippen molar-refractivity contribution in [2.24, 2.45) is 39.7 Å². The Bertz CT molecular complexity index is 1220. The van der Waals surface area contributed by atoms with Gasteiger partial charge in [-0.05, 0) is 99.4 Å². The summed E-state index contributed by atoms with van der Waals surface area (Å²) >= 11 is 0. The van der Waals surface area contributed by atoms with Crippen LogP contribution in [-0.2, 0) is 19.2 Å². The minimum absolute atomic E-state index is 0.0890. The first-order valence-electron chi connectivity index (χ1n) is 15.8. The van der Waals surface area contributed by atoms with Crippen LogP contribution in [0.2, 0.25) is 0 Å². The monoisotopic (exact) mass is 581 g/mol. The van der Waals surface area contributed by atoms with Crippen molar-refractivity contribution < 1.29 is 29.4 Å². The van der Waals surface area contributed by atoms with E-state index in [-0.39, 0.29) is 29.3 Å². The van der Waals surface area contributed by atoms with E-state index < -0.39 is 29.6 Å². The molecular weight excluding hydrogens is 534 g/mol. The average Bonchev–Trinajstić information content (AvgIpc) is 3.55. The first-order valence-corrected chi connectivity index (χ1v) is 15.8. The summed E-state index contributed by atoms with van der Waals surface area (Å²) in [4.78, 5) is 44.2. The van der Waals surface area contributed by atoms with E-state index in [1.807, 2.05) is 13.8 Å². The van der Waals surface area contributed by atoms with Crippen molar-refractivity contribution in [2.75, 3.05) is 13.2 Å². The highest BCUT2D eigenvalue weighted by Crippen LogP contribution is 2.67. The number of aliphatic carboxylic acids is 1. The maximum Gasteiger partial charge on any atom is 0.326 e. The highest BCUT2D eigenvalue weighted by molar-refractivity contribution is 5.96. The topological polar surface area (TPSA) is 129 Å². The maximum atomic E-state index is 13.1. The highest BCUT2D eigenvalue weighted by atomic mass is 16.6. The number of hydrogen-bond acceptors (Lipinski definition) is 6. The van der Waals surface area contributed by atoms with E-state index >= 15 is 0 Å². The molecule has 0 bridgehead atoms. The van der Waals surface area contributed by atoms with Gasteiger partial charge in [-0.15, -0.1) is 6.42 Å². The van der Waals surface area contributed by atoms with E-state index in [1.54, 1.807) is 0 Å². The molecule has 230 valence electrons. The fraction of sp³-hybridized carbons (Fsp3) is 0.758. The number of carbonyl (C=O) groups is 3. The van der Waals surface area contributed by atoms with Gasteiger partial charge in [0.1, 0.15) is 17.7 Å². The lowest BCUT2D eigenvalue weighted by Gasteiger charge is -2.58. The lowest BCUT2D eigenvalue weighted by atomic mass is 9.46. The largest absolute Gasteiger partial charge is 0.480 e. The van der Waals surface area contributed by atoms with Crippen LogP contribution in [0.4, 0.5) is 0 Å². The smallest absolute Gasteiger partial charge is 0.326 e. The predicted octanol–water partition coefficient (Wildman–Crippen LogP) is 3.90. The van der Waals surface area contributed by atoms with Gasteiger partial charge in [0.15, 0.2) is 6.61 Å². The van der Waals surface area contributed by atoms with Crippen molar-refractivity contribution in [1.82, 2.24) is 10.2 Å². The molecule has 0 radical (unpaired) electrons. The minimum Gasteiger partial charge on any atom is -0.480 e. The number of nitrogens with zero attached hydrogens (tertiary/aromatic N) is 2. The second-order valence-electron chi connectivity index (χ2n) is 14.2. The third kappa shape index (κ3) is 5.04. The molecule has 1 heterocycles. The molecule has 3 saturated carbocycles. The molecule has 0 spiro atoms. The molecule has 3 N–H and O–H groups in total. The molecule has 1 saturated heterocycles. The Morgan fingerprint density at radius 1 is 1.14 bits per heavy atom. The molecule has 5 aliphatic rings. The summed E-state index contributed by atoms with van der Waals surface area (Å²) in [5.41, 5.74) is 1.12. The molecule has 0 unspecified atom stereocenters. The fourth-order valence-electron chi connectivity index (χ4n) is 9.26. The molecule has 0 aromatic rings. The van der Waals surface area contributed by atoms with Crippen molar-refractivity contribution >= 4 is 23.5 Å². The number of allylic oxidation sites excluding steroid dienone is 2. The first kappa shape index (κ1) is 30.6. The van der Waals surface area contributed by atoms with E-state index in [1.165, 1.54) is 10.5 Å². The van der Waals surface area contributed by atoms with Crippen LogP contribution >= 0.6 is 0 Å². The minimum atomic E-state index is -1.02. The zero-order valence-corrected chi connectivity index (χ0v) is 25.5. The highest BCUT2D eigenvalue weighted by Gasteiger charge is 2.63. The Morgan fingerprint density at radius 2 is 1.88 bits per heavy atom. The van der Waals surface area contributed by atoms with E-state index in [0.717, 1.165) is 50.7 Å². The zero-order chi connectivity index (χ0) is 30.4. The molecule has 9 heteroatoms. The average molecular weight is 582 g/mol. The van der Waals surface area contributed by atoms with E-state index in [9.17, 15) is 24.6 Å². The number of amides is 2. The van der Waals surface area contributed by atoms with Gasteiger partial charge < -0.3 is 25.3 Å². The Hall–Kier alpha value is -2.86. The molecule has 8 atom stereocenters. The molecule has 5 rings (SSSR count). The van der Waals surface area contributed by atoms with E-state index in [2.05, 4.69) is 36.3 Å². The number of fused-ring (bicyclic) bond motifs is 5. The van der Waals surface area contributed by atoms with Crippen molar-refractivity contribution in [3.63, 3.8) is 0 Å². The van der Waals surface area contributed by atoms with Crippen molar-refractivity contribution in [1.29, 1.82) is 0 Å². The first-order chi connectivity index (χ1) is 19.8. The van der Waals surface area contributed by atoms with Gasteiger partial charge in [0.25, 0.3) is 5.91 Å². The van der Waals surface area contributed by atoms with Gasteiger partial charge >= 0.3 is 5.97 Å². The van der Waals surface area contributed by atoms with Gasteiger partial charge in [0.2, 0.25) is 5.91 Å². The summed E-state index contributed by atoms with van der Waals surface area (Å²) in [6, 6.07) is -1.67. The number of rotatable bonds is 7. The van der Waals surface area contributed by atoms with Crippen molar-refractivity contribution in [3.8, 4) is 12.3 Å². The molecule has 9 nitrogen and oxygen atoms in total. The van der Waals surface area contributed by atoms with Crippen molar-refractivity contribution in [2.45, 2.75) is 110 Å². The molecule has 0 aromatic heterocycles. The second kappa shape index (κ2) is 11.3. The van der Waals surface area contributed by atoms with Crippen LogP contribution in [0, 0.1) is 46.8 Å². The normalized spacial score (nSPS) is 39.0. The summed E-state index contributed by atoms with van der Waals surface area (Å²) in [5, 5.41) is 27.7. The van der Waals surface area contributed by atoms with Gasteiger partial charge in [-0.25, -0.2) is 4.79 Å². The predicted molar refractivity (Wildman–Crippen MR) is 158 cm³/mol. The number of likely N-dealkylation sites (tertiary alicyclic amines) is 1. The lowest BCUT2D eigenvalue weighted by Crippen LogP contribution is -2.54. The van der Waals surface area contributed by atoms with Crippen LogP contribution in [0.15, 0.2) is 16.8 Å². The van der Waals surface area contributed by atoms with Crippen LogP contribution in [0.1, 0.15) is 91.9 Å². The van der Waals surface area contributed by atoms with Crippen LogP contribution in [0.25, 0.3) is 0 Å². The number of oxime groups is 1.